The van der Waals surface area contributed by atoms with Crippen molar-refractivity contribution in [3.63, 3.8) is 0 Å². The Bertz CT molecular complexity index is 1310. The van der Waals surface area contributed by atoms with Gasteiger partial charge >= 0.3 is 0 Å². The summed E-state index contributed by atoms with van der Waals surface area (Å²) in [7, 11) is 1.79. The largest absolute Gasteiger partial charge is 0.507 e. The maximum absolute atomic E-state index is 15.4. The second-order valence-corrected chi connectivity index (χ2v) is 9.71. The topological polar surface area (TPSA) is 93.7 Å². The number of hydrogen-bond donors (Lipinski definition) is 2. The highest BCUT2D eigenvalue weighted by Crippen LogP contribution is 2.40. The molecule has 8 nitrogen and oxygen atoms in total. The first-order chi connectivity index (χ1) is 14.6. The number of aromatic nitrogens is 6. The van der Waals surface area contributed by atoms with Gasteiger partial charge in [-0.25, -0.2) is 9.07 Å². The van der Waals surface area contributed by atoms with E-state index in [1.165, 1.54) is 0 Å². The summed E-state index contributed by atoms with van der Waals surface area (Å²) >= 11 is 0. The summed E-state index contributed by atoms with van der Waals surface area (Å²) in [6.07, 6.45) is 1.43. The van der Waals surface area contributed by atoms with Gasteiger partial charge in [-0.1, -0.05) is 5.21 Å². The van der Waals surface area contributed by atoms with Crippen LogP contribution in [0.25, 0.3) is 33.3 Å². The van der Waals surface area contributed by atoms with Crippen LogP contribution in [0.4, 0.5) is 4.39 Å². The zero-order chi connectivity index (χ0) is 22.1. The minimum Gasteiger partial charge on any atom is -0.507 e. The Morgan fingerprint density at radius 3 is 2.68 bits per heavy atom. The van der Waals surface area contributed by atoms with Crippen LogP contribution in [0, 0.1) is 0 Å². The van der Waals surface area contributed by atoms with Crippen LogP contribution in [0.3, 0.4) is 0 Å². The predicted molar refractivity (Wildman–Crippen MR) is 117 cm³/mol. The van der Waals surface area contributed by atoms with Gasteiger partial charge in [0.15, 0.2) is 5.65 Å². The number of piperidine rings is 1. The fourth-order valence-electron chi connectivity index (χ4n) is 4.97. The molecule has 1 aliphatic heterocycles. The zero-order valence-corrected chi connectivity index (χ0v) is 18.3. The van der Waals surface area contributed by atoms with Crippen LogP contribution in [0.5, 0.6) is 5.75 Å². The molecule has 2 N–H and O–H groups in total. The summed E-state index contributed by atoms with van der Waals surface area (Å²) in [4.78, 5) is 0. The van der Waals surface area contributed by atoms with E-state index in [-0.39, 0.29) is 17.3 Å². The van der Waals surface area contributed by atoms with Crippen molar-refractivity contribution in [2.24, 2.45) is 7.05 Å². The molecule has 1 aliphatic rings. The maximum Gasteiger partial charge on any atom is 0.162 e. The number of hydrogen-bond acceptors (Lipinski definition) is 6. The molecule has 1 fully saturated rings. The van der Waals surface area contributed by atoms with Gasteiger partial charge in [0.05, 0.1) is 17.3 Å². The third kappa shape index (κ3) is 3.15. The van der Waals surface area contributed by atoms with Crippen molar-refractivity contribution in [1.29, 1.82) is 0 Å². The number of rotatable bonds is 2. The zero-order valence-electron chi connectivity index (χ0n) is 18.3. The average Bonchev–Trinajstić information content (AvgIpc) is 3.26. The quantitative estimate of drug-likeness (QED) is 0.512. The van der Waals surface area contributed by atoms with Crippen molar-refractivity contribution in [2.75, 3.05) is 0 Å². The van der Waals surface area contributed by atoms with E-state index in [9.17, 15) is 5.11 Å². The van der Waals surface area contributed by atoms with Crippen LogP contribution in [-0.2, 0) is 7.05 Å². The van der Waals surface area contributed by atoms with Gasteiger partial charge in [0.25, 0.3) is 0 Å². The van der Waals surface area contributed by atoms with E-state index in [1.54, 1.807) is 23.9 Å². The second-order valence-electron chi connectivity index (χ2n) is 9.71. The molecule has 0 aliphatic carbocycles. The van der Waals surface area contributed by atoms with Crippen LogP contribution in [0.1, 0.15) is 40.2 Å². The lowest BCUT2D eigenvalue weighted by molar-refractivity contribution is 0.0313. The fourth-order valence-corrected chi connectivity index (χ4v) is 4.97. The van der Waals surface area contributed by atoms with E-state index in [4.69, 9.17) is 0 Å². The van der Waals surface area contributed by atoms with Crippen molar-refractivity contribution in [3.8, 4) is 17.0 Å². The van der Waals surface area contributed by atoms with Crippen molar-refractivity contribution in [3.05, 3.63) is 30.5 Å². The lowest BCUT2D eigenvalue weighted by Crippen LogP contribution is -2.64. The lowest BCUT2D eigenvalue weighted by atomic mass is 9.78. The highest BCUT2D eigenvalue weighted by Gasteiger charge is 2.47. The number of nitrogens with one attached hydrogen (secondary N) is 1. The minimum atomic E-state index is -1.08. The lowest BCUT2D eigenvalue weighted by Gasteiger charge is -2.49. The first kappa shape index (κ1) is 19.9. The van der Waals surface area contributed by atoms with Gasteiger partial charge < -0.3 is 15.0 Å². The van der Waals surface area contributed by atoms with Crippen LogP contribution in [0.2, 0.25) is 0 Å². The summed E-state index contributed by atoms with van der Waals surface area (Å²) in [5, 5.41) is 31.5. The van der Waals surface area contributed by atoms with Crippen LogP contribution >= 0.6 is 0 Å². The molecule has 4 aromatic rings. The molecule has 0 saturated carbocycles. The first-order valence-electron chi connectivity index (χ1n) is 10.4. The fraction of sp³-hybridized carbons (Fsp3) is 0.455. The molecular formula is C22H26FN7O. The van der Waals surface area contributed by atoms with Gasteiger partial charge in [-0.05, 0) is 52.3 Å². The molecule has 2 atom stereocenters. The first-order valence-corrected chi connectivity index (χ1v) is 10.4. The monoisotopic (exact) mass is 423 g/mol. The number of fused-ring (bicyclic) bond motifs is 2. The molecule has 1 aromatic carbocycles. The molecule has 5 rings (SSSR count). The van der Waals surface area contributed by atoms with Gasteiger partial charge in [-0.15, -0.1) is 15.3 Å². The SMILES string of the molecule is Cn1nnc2cc(O)c(-c3cc4ccn([C@H]5CC(C)(C)NC(C)(C)[C@H]5F)c4nn3)cc21. The van der Waals surface area contributed by atoms with Crippen molar-refractivity contribution < 1.29 is 9.50 Å². The van der Waals surface area contributed by atoms with Crippen LogP contribution < -0.4 is 5.32 Å². The van der Waals surface area contributed by atoms with Crippen molar-refractivity contribution in [2.45, 2.75) is 57.4 Å². The Kier molecular flexibility index (Phi) is 4.14. The molecule has 0 spiro atoms. The van der Waals surface area contributed by atoms with E-state index < -0.39 is 11.7 Å². The minimum absolute atomic E-state index is 0.0618. The third-order valence-electron chi connectivity index (χ3n) is 6.23. The van der Waals surface area contributed by atoms with E-state index >= 15 is 4.39 Å². The highest BCUT2D eigenvalue weighted by molar-refractivity contribution is 5.87. The number of halogens is 1. The summed E-state index contributed by atoms with van der Waals surface area (Å²) in [5.41, 5.74) is 2.24. The molecule has 3 aromatic heterocycles. The van der Waals surface area contributed by atoms with Crippen LogP contribution in [-0.4, -0.2) is 52.1 Å². The average molecular weight is 423 g/mol. The number of benzene rings is 1. The molecule has 0 unspecified atom stereocenters. The highest BCUT2D eigenvalue weighted by atomic mass is 19.1. The predicted octanol–water partition coefficient (Wildman–Crippen LogP) is 3.52. The third-order valence-corrected chi connectivity index (χ3v) is 6.23. The van der Waals surface area contributed by atoms with Crippen LogP contribution in [0.15, 0.2) is 30.5 Å². The van der Waals surface area contributed by atoms with Gasteiger partial charge in [-0.3, -0.25) is 0 Å². The summed E-state index contributed by atoms with van der Waals surface area (Å²) in [6.45, 7) is 7.98. The van der Waals surface area contributed by atoms with E-state index in [0.29, 0.717) is 28.8 Å². The number of phenolic OH excluding ortho intramolecular Hbond substituents is 1. The molecule has 0 radical (unpaired) electrons. The molecule has 0 bridgehead atoms. The smallest absolute Gasteiger partial charge is 0.162 e. The summed E-state index contributed by atoms with van der Waals surface area (Å²) in [6, 6.07) is 6.81. The number of aromatic hydroxyl groups is 1. The standard InChI is InChI=1S/C22H26FN7O/c1-21(2)11-17(19(23)22(3,4)27-21)30-7-6-12-8-14(24-26-20(12)30)13-9-16-15(10-18(13)31)25-28-29(16)5/h6-10,17,19,27,31H,11H2,1-5H3/t17-,19-/m0/s1. The van der Waals surface area contributed by atoms with E-state index in [1.807, 2.05) is 36.7 Å². The summed E-state index contributed by atoms with van der Waals surface area (Å²) < 4.78 is 19.0. The molecule has 162 valence electrons. The van der Waals surface area contributed by atoms with E-state index in [2.05, 4.69) is 39.7 Å². The number of aryl methyl sites for hydroxylation is 1. The van der Waals surface area contributed by atoms with Crippen molar-refractivity contribution >= 4 is 22.1 Å². The summed E-state index contributed by atoms with van der Waals surface area (Å²) in [5.74, 6) is 0.0618. The molecule has 4 heterocycles. The van der Waals surface area contributed by atoms with Crippen molar-refractivity contribution in [1.82, 2.24) is 35.1 Å². The molecule has 0 amide bonds. The Morgan fingerprint density at radius 2 is 1.90 bits per heavy atom. The Balaban J connectivity index is 1.58. The Labute approximate surface area is 179 Å². The number of nitrogens with zero attached hydrogens (tertiary/aromatic N) is 6. The van der Waals surface area contributed by atoms with E-state index in [0.717, 1.165) is 10.9 Å². The Morgan fingerprint density at radius 1 is 1.13 bits per heavy atom. The molecule has 9 heteroatoms. The molecule has 1 saturated heterocycles. The maximum atomic E-state index is 15.4. The van der Waals surface area contributed by atoms with Gasteiger partial charge in [0.1, 0.15) is 17.4 Å². The molecule has 31 heavy (non-hydrogen) atoms. The number of phenols is 1. The van der Waals surface area contributed by atoms with Gasteiger partial charge in [0.2, 0.25) is 0 Å². The van der Waals surface area contributed by atoms with Gasteiger partial charge in [-0.2, -0.15) is 0 Å². The van der Waals surface area contributed by atoms with Gasteiger partial charge in [0, 0.05) is 41.3 Å². The normalized spacial score (nSPS) is 22.9. The number of alkyl halides is 1. The Hall–Kier alpha value is -3.07. The molecular weight excluding hydrogens is 397 g/mol. The second kappa shape index (κ2) is 6.46.